The van der Waals surface area contributed by atoms with E-state index < -0.39 is 30.2 Å². The van der Waals surface area contributed by atoms with Gasteiger partial charge >= 0.3 is 5.97 Å². The predicted octanol–water partition coefficient (Wildman–Crippen LogP) is 5.15. The molecule has 2 aromatic carbocycles. The van der Waals surface area contributed by atoms with E-state index in [2.05, 4.69) is 31.1 Å². The molecule has 0 bridgehead atoms. The van der Waals surface area contributed by atoms with Crippen LogP contribution >= 0.6 is 0 Å². The SMILES string of the molecule is COc1ccc(C(C)(C)C)cc1-c1nc(C(=O)NC(CC(=O)O)c2ccccc2F)ccc1OC. The quantitative estimate of drug-likeness (QED) is 0.463. The molecule has 184 valence electrons. The summed E-state index contributed by atoms with van der Waals surface area (Å²) in [6.45, 7) is 6.25. The van der Waals surface area contributed by atoms with Crippen LogP contribution in [0.15, 0.2) is 54.6 Å². The fraction of sp³-hybridized carbons (Fsp3) is 0.296. The number of hydrogen-bond acceptors (Lipinski definition) is 5. The first-order valence-corrected chi connectivity index (χ1v) is 11.1. The smallest absolute Gasteiger partial charge is 0.305 e. The van der Waals surface area contributed by atoms with Gasteiger partial charge in [0.2, 0.25) is 0 Å². The number of hydrogen-bond donors (Lipinski definition) is 2. The molecule has 1 aromatic heterocycles. The maximum Gasteiger partial charge on any atom is 0.305 e. The second-order valence-corrected chi connectivity index (χ2v) is 9.06. The molecule has 0 fully saturated rings. The van der Waals surface area contributed by atoms with Crippen molar-refractivity contribution in [3.63, 3.8) is 0 Å². The number of carboxylic acids is 1. The van der Waals surface area contributed by atoms with Gasteiger partial charge in [0, 0.05) is 11.1 Å². The summed E-state index contributed by atoms with van der Waals surface area (Å²) in [6, 6.07) is 13.5. The van der Waals surface area contributed by atoms with E-state index in [0.717, 1.165) is 5.56 Å². The Bertz CT molecular complexity index is 1240. The number of rotatable bonds is 8. The predicted molar refractivity (Wildman–Crippen MR) is 130 cm³/mol. The highest BCUT2D eigenvalue weighted by Gasteiger charge is 2.24. The van der Waals surface area contributed by atoms with Crippen molar-refractivity contribution in [1.29, 1.82) is 0 Å². The third kappa shape index (κ3) is 5.95. The highest BCUT2D eigenvalue weighted by Crippen LogP contribution is 2.38. The summed E-state index contributed by atoms with van der Waals surface area (Å²) < 4.78 is 25.4. The van der Waals surface area contributed by atoms with Gasteiger partial charge in [-0.2, -0.15) is 0 Å². The molecule has 8 heteroatoms. The van der Waals surface area contributed by atoms with Gasteiger partial charge in [-0.1, -0.05) is 45.0 Å². The van der Waals surface area contributed by atoms with Crippen molar-refractivity contribution in [2.45, 2.75) is 38.6 Å². The molecule has 0 saturated heterocycles. The first-order chi connectivity index (χ1) is 16.5. The molecule has 1 atom stereocenters. The van der Waals surface area contributed by atoms with Gasteiger partial charge in [0.25, 0.3) is 5.91 Å². The van der Waals surface area contributed by atoms with E-state index >= 15 is 0 Å². The van der Waals surface area contributed by atoms with Crippen molar-refractivity contribution >= 4 is 11.9 Å². The van der Waals surface area contributed by atoms with Crippen molar-refractivity contribution in [2.75, 3.05) is 14.2 Å². The molecule has 0 spiro atoms. The number of benzene rings is 2. The zero-order chi connectivity index (χ0) is 25.8. The zero-order valence-corrected chi connectivity index (χ0v) is 20.4. The van der Waals surface area contributed by atoms with Gasteiger partial charge in [0.1, 0.15) is 28.7 Å². The Balaban J connectivity index is 2.05. The maximum absolute atomic E-state index is 14.4. The highest BCUT2D eigenvalue weighted by atomic mass is 19.1. The fourth-order valence-electron chi connectivity index (χ4n) is 3.69. The third-order valence-corrected chi connectivity index (χ3v) is 5.60. The van der Waals surface area contributed by atoms with Gasteiger partial charge in [-0.25, -0.2) is 9.37 Å². The van der Waals surface area contributed by atoms with E-state index in [1.165, 1.54) is 31.4 Å². The molecule has 0 radical (unpaired) electrons. The summed E-state index contributed by atoms with van der Waals surface area (Å²) in [7, 11) is 3.05. The monoisotopic (exact) mass is 480 g/mol. The Morgan fingerprint density at radius 3 is 2.29 bits per heavy atom. The maximum atomic E-state index is 14.4. The Kier molecular flexibility index (Phi) is 7.74. The summed E-state index contributed by atoms with van der Waals surface area (Å²) >= 11 is 0. The van der Waals surface area contributed by atoms with Crippen molar-refractivity contribution in [3.05, 3.63) is 77.2 Å². The minimum absolute atomic E-state index is 0.0238. The van der Waals surface area contributed by atoms with Crippen LogP contribution in [0.25, 0.3) is 11.3 Å². The summed E-state index contributed by atoms with van der Waals surface area (Å²) in [5.41, 5.74) is 2.03. The van der Waals surface area contributed by atoms with Crippen LogP contribution in [0.5, 0.6) is 11.5 Å². The van der Waals surface area contributed by atoms with Crippen LogP contribution in [0, 0.1) is 5.82 Å². The van der Waals surface area contributed by atoms with Crippen LogP contribution in [-0.4, -0.2) is 36.2 Å². The van der Waals surface area contributed by atoms with E-state index in [1.807, 2.05) is 18.2 Å². The number of ether oxygens (including phenoxy) is 2. The summed E-state index contributed by atoms with van der Waals surface area (Å²) in [5.74, 6) is -1.44. The van der Waals surface area contributed by atoms with E-state index in [-0.39, 0.29) is 16.7 Å². The molecule has 7 nitrogen and oxygen atoms in total. The molecular formula is C27H29FN2O5. The number of methoxy groups -OCH3 is 2. The third-order valence-electron chi connectivity index (χ3n) is 5.60. The van der Waals surface area contributed by atoms with Crippen LogP contribution in [0.1, 0.15) is 54.8 Å². The number of aromatic nitrogens is 1. The Morgan fingerprint density at radius 2 is 1.69 bits per heavy atom. The van der Waals surface area contributed by atoms with Gasteiger partial charge in [0.05, 0.1) is 26.7 Å². The van der Waals surface area contributed by atoms with Crippen LogP contribution in [-0.2, 0) is 10.2 Å². The van der Waals surface area contributed by atoms with E-state index in [1.54, 1.807) is 19.2 Å². The van der Waals surface area contributed by atoms with Crippen molar-refractivity contribution in [2.24, 2.45) is 0 Å². The number of nitrogens with one attached hydrogen (secondary N) is 1. The second-order valence-electron chi connectivity index (χ2n) is 9.06. The molecule has 0 aliphatic heterocycles. The van der Waals surface area contributed by atoms with Crippen LogP contribution in [0.2, 0.25) is 0 Å². The number of pyridine rings is 1. The average molecular weight is 481 g/mol. The molecule has 1 amide bonds. The number of amides is 1. The van der Waals surface area contributed by atoms with Crippen molar-refractivity contribution in [1.82, 2.24) is 10.3 Å². The number of aliphatic carboxylic acids is 1. The van der Waals surface area contributed by atoms with Crippen LogP contribution < -0.4 is 14.8 Å². The summed E-state index contributed by atoms with van der Waals surface area (Å²) in [5, 5.41) is 11.9. The Hall–Kier alpha value is -3.94. The normalized spacial score (nSPS) is 12.1. The minimum atomic E-state index is -1.18. The molecule has 1 unspecified atom stereocenters. The van der Waals surface area contributed by atoms with Gasteiger partial charge < -0.3 is 19.9 Å². The Labute approximate surface area is 203 Å². The molecule has 3 aromatic rings. The summed E-state index contributed by atoms with van der Waals surface area (Å²) in [4.78, 5) is 29.1. The topological polar surface area (TPSA) is 97.8 Å². The molecule has 0 aliphatic rings. The van der Waals surface area contributed by atoms with Gasteiger partial charge in [-0.3, -0.25) is 9.59 Å². The van der Waals surface area contributed by atoms with Gasteiger partial charge in [-0.15, -0.1) is 0 Å². The second kappa shape index (κ2) is 10.5. The largest absolute Gasteiger partial charge is 0.496 e. The first kappa shape index (κ1) is 25.7. The van der Waals surface area contributed by atoms with E-state index in [9.17, 15) is 19.1 Å². The molecule has 3 rings (SSSR count). The number of carbonyl (C=O) groups is 2. The first-order valence-electron chi connectivity index (χ1n) is 11.1. The van der Waals surface area contributed by atoms with Gasteiger partial charge in [-0.05, 0) is 41.3 Å². The summed E-state index contributed by atoms with van der Waals surface area (Å²) in [6.07, 6.45) is -0.489. The van der Waals surface area contributed by atoms with Gasteiger partial charge in [0.15, 0.2) is 0 Å². The van der Waals surface area contributed by atoms with Crippen molar-refractivity contribution in [3.8, 4) is 22.8 Å². The Morgan fingerprint density at radius 1 is 1.03 bits per heavy atom. The van der Waals surface area contributed by atoms with Crippen LogP contribution in [0.3, 0.4) is 0 Å². The highest BCUT2D eigenvalue weighted by molar-refractivity contribution is 5.94. The molecule has 2 N–H and O–H groups in total. The average Bonchev–Trinajstić information content (AvgIpc) is 2.82. The molecule has 35 heavy (non-hydrogen) atoms. The van der Waals surface area contributed by atoms with Crippen LogP contribution in [0.4, 0.5) is 4.39 Å². The number of carboxylic acid groups (broad SMARTS) is 1. The molecule has 1 heterocycles. The fourth-order valence-corrected chi connectivity index (χ4v) is 3.69. The van der Waals surface area contributed by atoms with Crippen molar-refractivity contribution < 1.29 is 28.6 Å². The minimum Gasteiger partial charge on any atom is -0.496 e. The lowest BCUT2D eigenvalue weighted by atomic mass is 9.85. The number of carbonyl (C=O) groups excluding carboxylic acids is 1. The van der Waals surface area contributed by atoms with E-state index in [4.69, 9.17) is 9.47 Å². The molecule has 0 aliphatic carbocycles. The lowest BCUT2D eigenvalue weighted by Gasteiger charge is -2.22. The molecule has 0 saturated carbocycles. The zero-order valence-electron chi connectivity index (χ0n) is 20.4. The number of nitrogens with zero attached hydrogens (tertiary/aromatic N) is 1. The lowest BCUT2D eigenvalue weighted by Crippen LogP contribution is -2.31. The molecular weight excluding hydrogens is 451 g/mol. The van der Waals surface area contributed by atoms with E-state index in [0.29, 0.717) is 22.8 Å². The number of halogens is 1. The lowest BCUT2D eigenvalue weighted by molar-refractivity contribution is -0.137. The standard InChI is InChI=1S/C27H29FN2O5/c1-27(2,3)16-10-12-22(34-4)18(14-16)25-23(35-5)13-11-20(29-25)26(33)30-21(15-24(31)32)17-8-6-7-9-19(17)28/h6-14,21H,15H2,1-5H3,(H,30,33)(H,31,32).